The molecule has 0 bridgehead atoms. The van der Waals surface area contributed by atoms with Crippen LogP contribution in [0.3, 0.4) is 0 Å². The highest BCUT2D eigenvalue weighted by Gasteiger charge is 2.21. The number of H-pyrrole nitrogens is 1. The highest BCUT2D eigenvalue weighted by Crippen LogP contribution is 2.15. The maximum atomic E-state index is 11.9. The smallest absolute Gasteiger partial charge is 0.244 e. The highest BCUT2D eigenvalue weighted by atomic mass is 32.2. The molecule has 0 aliphatic rings. The summed E-state index contributed by atoms with van der Waals surface area (Å²) in [7, 11) is -3.48. The second-order valence-electron chi connectivity index (χ2n) is 3.36. The molecule has 0 aliphatic carbocycles. The van der Waals surface area contributed by atoms with Gasteiger partial charge in [-0.05, 0) is 20.8 Å². The van der Waals surface area contributed by atoms with Gasteiger partial charge in [0.25, 0.3) is 0 Å². The van der Waals surface area contributed by atoms with Crippen LogP contribution in [0.2, 0.25) is 0 Å². The fourth-order valence-corrected chi connectivity index (χ4v) is 2.78. The first kappa shape index (κ1) is 13.1. The van der Waals surface area contributed by atoms with E-state index >= 15 is 0 Å². The molecule has 0 spiro atoms. The standard InChI is InChI=1S/C9H17N3O3S/c1-4-15-6-5-10-16(13,14)9-7(2)11-12-8(9)3/h10H,4-6H2,1-3H3,(H,11,12). The van der Waals surface area contributed by atoms with Gasteiger partial charge < -0.3 is 4.74 Å². The van der Waals surface area contributed by atoms with Crippen LogP contribution in [0.4, 0.5) is 0 Å². The van der Waals surface area contributed by atoms with Crippen molar-refractivity contribution in [3.8, 4) is 0 Å². The van der Waals surface area contributed by atoms with E-state index in [0.717, 1.165) is 0 Å². The Kier molecular flexibility index (Phi) is 4.45. The maximum absolute atomic E-state index is 11.9. The van der Waals surface area contributed by atoms with Crippen molar-refractivity contribution in [3.05, 3.63) is 11.4 Å². The van der Waals surface area contributed by atoms with Gasteiger partial charge in [-0.15, -0.1) is 0 Å². The first-order valence-electron chi connectivity index (χ1n) is 5.08. The molecule has 0 radical (unpaired) electrons. The van der Waals surface area contributed by atoms with Gasteiger partial charge in [-0.3, -0.25) is 5.10 Å². The van der Waals surface area contributed by atoms with E-state index in [-0.39, 0.29) is 11.4 Å². The fourth-order valence-electron chi connectivity index (χ4n) is 1.40. The van der Waals surface area contributed by atoms with E-state index in [1.165, 1.54) is 0 Å². The van der Waals surface area contributed by atoms with Crippen LogP contribution < -0.4 is 4.72 Å². The van der Waals surface area contributed by atoms with Crippen molar-refractivity contribution in [2.45, 2.75) is 25.7 Å². The molecule has 0 amide bonds. The van der Waals surface area contributed by atoms with Crippen molar-refractivity contribution in [1.29, 1.82) is 0 Å². The number of rotatable bonds is 6. The minimum atomic E-state index is -3.48. The summed E-state index contributed by atoms with van der Waals surface area (Å²) in [5.74, 6) is 0. The van der Waals surface area contributed by atoms with Gasteiger partial charge in [0.1, 0.15) is 4.90 Å². The number of hydrogen-bond donors (Lipinski definition) is 2. The Morgan fingerprint density at radius 3 is 2.62 bits per heavy atom. The van der Waals surface area contributed by atoms with Gasteiger partial charge in [0.15, 0.2) is 0 Å². The van der Waals surface area contributed by atoms with Crippen LogP contribution >= 0.6 is 0 Å². The molecule has 16 heavy (non-hydrogen) atoms. The summed E-state index contributed by atoms with van der Waals surface area (Å²) in [6.45, 7) is 6.40. The Balaban J connectivity index is 2.71. The van der Waals surface area contributed by atoms with Crippen LogP contribution in [0.1, 0.15) is 18.3 Å². The van der Waals surface area contributed by atoms with Crippen molar-refractivity contribution in [2.75, 3.05) is 19.8 Å². The van der Waals surface area contributed by atoms with Crippen LogP contribution in [0.15, 0.2) is 4.90 Å². The molecule has 1 heterocycles. The van der Waals surface area contributed by atoms with Crippen LogP contribution in [0.5, 0.6) is 0 Å². The fraction of sp³-hybridized carbons (Fsp3) is 0.667. The summed E-state index contributed by atoms with van der Waals surface area (Å²) in [6.07, 6.45) is 0. The molecule has 1 rings (SSSR count). The third-order valence-corrected chi connectivity index (χ3v) is 3.80. The minimum Gasteiger partial charge on any atom is -0.380 e. The molecular weight excluding hydrogens is 230 g/mol. The third kappa shape index (κ3) is 3.03. The SMILES string of the molecule is CCOCCNS(=O)(=O)c1c(C)n[nH]c1C. The van der Waals surface area contributed by atoms with Crippen molar-refractivity contribution in [3.63, 3.8) is 0 Å². The zero-order chi connectivity index (χ0) is 12.2. The van der Waals surface area contributed by atoms with Crippen molar-refractivity contribution in [1.82, 2.24) is 14.9 Å². The molecule has 0 saturated carbocycles. The van der Waals surface area contributed by atoms with Gasteiger partial charge in [0.05, 0.1) is 18.0 Å². The summed E-state index contributed by atoms with van der Waals surface area (Å²) in [6, 6.07) is 0. The molecule has 2 N–H and O–H groups in total. The summed E-state index contributed by atoms with van der Waals surface area (Å²) in [5, 5.41) is 6.50. The molecule has 0 fully saturated rings. The second-order valence-corrected chi connectivity index (χ2v) is 5.06. The minimum absolute atomic E-state index is 0.226. The average molecular weight is 247 g/mol. The number of nitrogens with one attached hydrogen (secondary N) is 2. The van der Waals surface area contributed by atoms with E-state index in [4.69, 9.17) is 4.74 Å². The summed E-state index contributed by atoms with van der Waals surface area (Å²) >= 11 is 0. The van der Waals surface area contributed by atoms with E-state index in [1.54, 1.807) is 13.8 Å². The number of aromatic nitrogens is 2. The lowest BCUT2D eigenvalue weighted by Gasteiger charge is -2.06. The molecule has 6 nitrogen and oxygen atoms in total. The van der Waals surface area contributed by atoms with Crippen molar-refractivity contribution < 1.29 is 13.2 Å². The predicted octanol–water partition coefficient (Wildman–Crippen LogP) is 0.341. The summed E-state index contributed by atoms with van der Waals surface area (Å²) in [4.78, 5) is 0.226. The molecule has 92 valence electrons. The Labute approximate surface area is 95.4 Å². The normalized spacial score (nSPS) is 11.9. The quantitative estimate of drug-likeness (QED) is 0.710. The highest BCUT2D eigenvalue weighted by molar-refractivity contribution is 7.89. The first-order chi connectivity index (χ1) is 7.49. The molecule has 1 aromatic heterocycles. The molecule has 0 atom stereocenters. The van der Waals surface area contributed by atoms with Gasteiger partial charge in [-0.2, -0.15) is 5.10 Å². The number of sulfonamides is 1. The van der Waals surface area contributed by atoms with Gasteiger partial charge in [-0.25, -0.2) is 13.1 Å². The number of hydrogen-bond acceptors (Lipinski definition) is 4. The summed E-state index contributed by atoms with van der Waals surface area (Å²) < 4.78 is 31.3. The second kappa shape index (κ2) is 5.42. The lowest BCUT2D eigenvalue weighted by atomic mass is 10.4. The Morgan fingerprint density at radius 1 is 1.44 bits per heavy atom. The van der Waals surface area contributed by atoms with Crippen molar-refractivity contribution in [2.24, 2.45) is 0 Å². The van der Waals surface area contributed by atoms with E-state index in [1.807, 2.05) is 6.92 Å². The van der Waals surface area contributed by atoms with E-state index in [0.29, 0.717) is 24.6 Å². The van der Waals surface area contributed by atoms with Crippen LogP contribution in [-0.2, 0) is 14.8 Å². The monoisotopic (exact) mass is 247 g/mol. The Hall–Kier alpha value is -0.920. The number of aromatic amines is 1. The van der Waals surface area contributed by atoms with Crippen LogP contribution in [0.25, 0.3) is 0 Å². The molecule has 0 aliphatic heterocycles. The zero-order valence-corrected chi connectivity index (χ0v) is 10.5. The topological polar surface area (TPSA) is 84.1 Å². The van der Waals surface area contributed by atoms with E-state index < -0.39 is 10.0 Å². The predicted molar refractivity (Wildman–Crippen MR) is 59.7 cm³/mol. The van der Waals surface area contributed by atoms with Crippen LogP contribution in [-0.4, -0.2) is 38.4 Å². The zero-order valence-electron chi connectivity index (χ0n) is 9.70. The number of ether oxygens (including phenoxy) is 1. The largest absolute Gasteiger partial charge is 0.380 e. The number of aryl methyl sites for hydroxylation is 2. The lowest BCUT2D eigenvalue weighted by molar-refractivity contribution is 0.153. The Morgan fingerprint density at radius 2 is 2.12 bits per heavy atom. The molecule has 0 unspecified atom stereocenters. The molecular formula is C9H17N3O3S. The van der Waals surface area contributed by atoms with E-state index in [9.17, 15) is 8.42 Å². The first-order valence-corrected chi connectivity index (χ1v) is 6.56. The number of nitrogens with zero attached hydrogens (tertiary/aromatic N) is 1. The summed E-state index contributed by atoms with van der Waals surface area (Å²) in [5.41, 5.74) is 1.02. The third-order valence-electron chi connectivity index (χ3n) is 2.07. The van der Waals surface area contributed by atoms with Crippen molar-refractivity contribution >= 4 is 10.0 Å². The average Bonchev–Trinajstić information content (AvgIpc) is 2.54. The van der Waals surface area contributed by atoms with Gasteiger partial charge in [-0.1, -0.05) is 0 Å². The Bertz CT molecular complexity index is 419. The molecule has 1 aromatic rings. The maximum Gasteiger partial charge on any atom is 0.244 e. The van der Waals surface area contributed by atoms with Gasteiger partial charge >= 0.3 is 0 Å². The molecule has 7 heteroatoms. The molecule has 0 saturated heterocycles. The molecule has 0 aromatic carbocycles. The van der Waals surface area contributed by atoms with Crippen LogP contribution in [0, 0.1) is 13.8 Å². The lowest BCUT2D eigenvalue weighted by Crippen LogP contribution is -2.28. The van der Waals surface area contributed by atoms with Gasteiger partial charge in [0, 0.05) is 13.2 Å². The van der Waals surface area contributed by atoms with E-state index in [2.05, 4.69) is 14.9 Å². The van der Waals surface area contributed by atoms with Gasteiger partial charge in [0.2, 0.25) is 10.0 Å².